The maximum atomic E-state index is 14.7. The molecule has 9 atom stereocenters. The van der Waals surface area contributed by atoms with Crippen LogP contribution in [0.15, 0.2) is 23.8 Å². The highest BCUT2D eigenvalue weighted by Crippen LogP contribution is 2.53. The highest BCUT2D eigenvalue weighted by atomic mass is 35.5. The van der Waals surface area contributed by atoms with Crippen molar-refractivity contribution in [2.24, 2.45) is 23.7 Å². The van der Waals surface area contributed by atoms with Gasteiger partial charge in [0.15, 0.2) is 0 Å². The van der Waals surface area contributed by atoms with Crippen molar-refractivity contribution in [3.63, 3.8) is 0 Å². The number of pyridine rings is 1. The molecule has 2 aromatic rings. The number of halogens is 1. The third-order valence-corrected chi connectivity index (χ3v) is 14.0. The van der Waals surface area contributed by atoms with E-state index in [-0.39, 0.29) is 30.9 Å². The van der Waals surface area contributed by atoms with Crippen LogP contribution >= 0.6 is 11.6 Å². The molecule has 15 heteroatoms. The molecule has 3 N–H and O–H groups in total. The molecule has 1 aromatic carbocycles. The number of allylic oxidation sites excluding steroid dienone is 1. The summed E-state index contributed by atoms with van der Waals surface area (Å²) in [5, 5.41) is 17.2. The molecule has 6 fully saturated rings. The first kappa shape index (κ1) is 42.5. The van der Waals surface area contributed by atoms with Crippen LogP contribution in [-0.2, 0) is 23.9 Å². The highest BCUT2D eigenvalue weighted by Gasteiger charge is 2.64. The Kier molecular flexibility index (Phi) is 12.8. The first-order valence-electron chi connectivity index (χ1n) is 22.1. The molecule has 60 heavy (non-hydrogen) atoms. The molecule has 4 heterocycles. The second kappa shape index (κ2) is 18.1. The van der Waals surface area contributed by atoms with Crippen LogP contribution in [0, 0.1) is 23.7 Å². The number of rotatable bonds is 10. The van der Waals surface area contributed by atoms with Gasteiger partial charge in [-0.1, -0.05) is 56.2 Å². The van der Waals surface area contributed by atoms with Gasteiger partial charge in [-0.3, -0.25) is 14.5 Å². The monoisotopic (exact) mass is 849 g/mol. The molecule has 3 saturated carbocycles. The predicted octanol–water partition coefficient (Wildman–Crippen LogP) is 6.21. The van der Waals surface area contributed by atoms with Gasteiger partial charge < -0.3 is 39.6 Å². The Morgan fingerprint density at radius 3 is 2.52 bits per heavy atom. The average molecular weight is 850 g/mol. The summed E-state index contributed by atoms with van der Waals surface area (Å²) in [6, 6.07) is 3.52. The number of nitrogens with zero attached hydrogens (tertiary/aromatic N) is 3. The lowest BCUT2D eigenvalue weighted by Gasteiger charge is -2.29. The molecule has 326 valence electrons. The number of fused-ring (bicyclic) bond motifs is 4. The van der Waals surface area contributed by atoms with Crippen molar-refractivity contribution in [3.05, 3.63) is 34.5 Å². The smallest absolute Gasteiger partial charge is 0.408 e. The van der Waals surface area contributed by atoms with Crippen molar-refractivity contribution in [1.29, 1.82) is 0 Å². The molecule has 0 radical (unpaired) electrons. The number of hydrogen-bond acceptors (Lipinski definition) is 10. The first-order valence-corrected chi connectivity index (χ1v) is 22.5. The van der Waals surface area contributed by atoms with E-state index >= 15 is 0 Å². The largest absolute Gasteiger partial charge is 0.491 e. The fraction of sp³-hybridized carbons (Fsp3) is 0.667. The molecule has 8 rings (SSSR count). The zero-order chi connectivity index (χ0) is 42.1. The minimum atomic E-state index is -1.40. The molecular formula is C45H60ClN5O9. The number of nitrogens with one attached hydrogen (secondary N) is 2. The Labute approximate surface area is 357 Å². The number of aromatic nitrogens is 1. The summed E-state index contributed by atoms with van der Waals surface area (Å²) in [5.41, 5.74) is 0.725. The van der Waals surface area contributed by atoms with Crippen LogP contribution in [0.5, 0.6) is 11.5 Å². The number of carboxylic acid groups (broad SMARTS) is 1. The summed E-state index contributed by atoms with van der Waals surface area (Å²) >= 11 is 7.02. The van der Waals surface area contributed by atoms with Crippen LogP contribution in [0.25, 0.3) is 17.0 Å². The van der Waals surface area contributed by atoms with E-state index in [0.29, 0.717) is 84.0 Å². The molecule has 3 amide bonds. The number of aliphatic carboxylic acids is 1. The third-order valence-electron chi connectivity index (χ3n) is 13.6. The molecule has 3 saturated heterocycles. The Balaban J connectivity index is 1.06. The van der Waals surface area contributed by atoms with Crippen molar-refractivity contribution in [1.82, 2.24) is 25.4 Å². The number of benzene rings is 1. The highest BCUT2D eigenvalue weighted by molar-refractivity contribution is 6.36. The Hall–Kier alpha value is -4.14. The van der Waals surface area contributed by atoms with E-state index in [9.17, 15) is 24.3 Å². The lowest BCUT2D eigenvalue weighted by atomic mass is 9.94. The van der Waals surface area contributed by atoms with Crippen molar-refractivity contribution >= 4 is 52.5 Å². The van der Waals surface area contributed by atoms with Gasteiger partial charge in [0.1, 0.15) is 53.0 Å². The summed E-state index contributed by atoms with van der Waals surface area (Å²) in [4.78, 5) is 63.8. The number of alkyl carbamates (subject to hydrolysis) is 1. The number of morpholine rings is 1. The van der Waals surface area contributed by atoms with E-state index in [2.05, 4.69) is 22.5 Å². The van der Waals surface area contributed by atoms with Crippen molar-refractivity contribution < 1.29 is 43.2 Å². The fourth-order valence-electron chi connectivity index (χ4n) is 10.1. The van der Waals surface area contributed by atoms with E-state index in [0.717, 1.165) is 63.7 Å². The van der Waals surface area contributed by atoms with E-state index in [4.69, 9.17) is 35.5 Å². The van der Waals surface area contributed by atoms with Gasteiger partial charge in [0.25, 0.3) is 0 Å². The molecule has 3 aliphatic carbocycles. The SMILES string of the molecule is CC(C)=Cc1cc(O[C@@H]2C[C@H]3C(=O)N[C@]4(C(=O)O)C[C@H]4C(C)CCCCCC[C@H](NC(=O)OC4C[C@@H]5C[C@@H]5C4)C(=O)N3C2)c2ccc(OCCN3CCOCC3)c(Cl)c2n1. The second-order valence-electron chi connectivity index (χ2n) is 18.3. The van der Waals surface area contributed by atoms with Crippen molar-refractivity contribution in [2.75, 3.05) is 46.0 Å². The number of carbonyl (C=O) groups excluding carboxylic acids is 3. The average Bonchev–Trinajstić information content (AvgIpc) is 4.04. The summed E-state index contributed by atoms with van der Waals surface area (Å²) in [6.07, 6.45) is 8.42. The van der Waals surface area contributed by atoms with Gasteiger partial charge in [-0.2, -0.15) is 0 Å². The summed E-state index contributed by atoms with van der Waals surface area (Å²) in [6.45, 7) is 10.3. The van der Waals surface area contributed by atoms with Crippen LogP contribution in [0.1, 0.15) is 97.1 Å². The van der Waals surface area contributed by atoms with Crippen molar-refractivity contribution in [3.8, 4) is 11.5 Å². The minimum Gasteiger partial charge on any atom is -0.491 e. The van der Waals surface area contributed by atoms with Crippen LogP contribution < -0.4 is 20.1 Å². The van der Waals surface area contributed by atoms with Crippen LogP contribution in [-0.4, -0.2) is 120 Å². The zero-order valence-corrected chi connectivity index (χ0v) is 35.8. The van der Waals surface area contributed by atoms with Gasteiger partial charge in [0.05, 0.1) is 31.0 Å². The lowest BCUT2D eigenvalue weighted by Crippen LogP contribution is -2.56. The molecule has 0 bridgehead atoms. The second-order valence-corrected chi connectivity index (χ2v) is 18.7. The molecule has 14 nitrogen and oxygen atoms in total. The molecule has 2 unspecified atom stereocenters. The Morgan fingerprint density at radius 1 is 1.03 bits per heavy atom. The summed E-state index contributed by atoms with van der Waals surface area (Å²) < 4.78 is 24.2. The predicted molar refractivity (Wildman–Crippen MR) is 225 cm³/mol. The Morgan fingerprint density at radius 2 is 1.78 bits per heavy atom. The fourth-order valence-corrected chi connectivity index (χ4v) is 10.4. The molecule has 0 spiro atoms. The number of carboxylic acids is 1. The Bertz CT molecular complexity index is 1980. The van der Waals surface area contributed by atoms with Gasteiger partial charge in [-0.15, -0.1) is 0 Å². The number of carbonyl (C=O) groups is 4. The molecule has 6 aliphatic rings. The number of hydrogen-bond donors (Lipinski definition) is 3. The van der Waals surface area contributed by atoms with E-state index in [1.807, 2.05) is 32.1 Å². The van der Waals surface area contributed by atoms with Crippen molar-refractivity contribution in [2.45, 2.75) is 121 Å². The summed E-state index contributed by atoms with van der Waals surface area (Å²) in [7, 11) is 0. The maximum Gasteiger partial charge on any atom is 0.408 e. The number of ether oxygens (including phenoxy) is 4. The minimum absolute atomic E-state index is 0.0360. The van der Waals surface area contributed by atoms with Crippen LogP contribution in [0.3, 0.4) is 0 Å². The van der Waals surface area contributed by atoms with E-state index in [1.165, 1.54) is 11.3 Å². The van der Waals surface area contributed by atoms with Gasteiger partial charge in [0, 0.05) is 37.5 Å². The normalized spacial score (nSPS) is 32.0. The topological polar surface area (TPSA) is 169 Å². The van der Waals surface area contributed by atoms with Gasteiger partial charge in [0.2, 0.25) is 11.8 Å². The first-order chi connectivity index (χ1) is 28.9. The van der Waals surface area contributed by atoms with Crippen LogP contribution in [0.4, 0.5) is 4.79 Å². The zero-order valence-electron chi connectivity index (χ0n) is 35.1. The van der Waals surface area contributed by atoms with Gasteiger partial charge in [-0.05, 0) is 87.8 Å². The molecule has 3 aliphatic heterocycles. The maximum absolute atomic E-state index is 14.7. The third kappa shape index (κ3) is 9.50. The van der Waals surface area contributed by atoms with Gasteiger partial charge >= 0.3 is 12.1 Å². The number of amides is 3. The quantitative estimate of drug-likeness (QED) is 0.249. The van der Waals surface area contributed by atoms with E-state index in [1.54, 1.807) is 6.07 Å². The molecular weight excluding hydrogens is 790 g/mol. The lowest BCUT2D eigenvalue weighted by molar-refractivity contribution is -0.146. The van der Waals surface area contributed by atoms with Gasteiger partial charge in [-0.25, -0.2) is 14.6 Å². The molecule has 1 aromatic heterocycles. The standard InChI is InChI=1S/C45H60ClN5O9/c1-26(2)18-30-22-38(33-10-11-37(39(46)40(33)47-30)58-17-14-50-12-15-57-16-13-50)59-32-23-36-41(52)49-45(43(54)55)24-34(45)27(3)8-6-4-5-7-9-35(42(53)51(36)25-32)48-44(56)60-31-20-28-19-29(28)21-31/h10-11,18,22,27-29,31-32,34-36H,4-9,12-17,19-21,23-25H2,1-3H3,(H,48,56)(H,49,52)(H,54,55)/t27?,28-,29+,31?,32-,34+,35+,36+,45-/m1/s1. The van der Waals surface area contributed by atoms with Crippen LogP contribution in [0.2, 0.25) is 5.02 Å². The summed E-state index contributed by atoms with van der Waals surface area (Å²) in [5.74, 6) is 0.0948. The van der Waals surface area contributed by atoms with E-state index < -0.39 is 47.6 Å².